The Hall–Kier alpha value is -0.580. The molecule has 3 rings (SSSR count). The van der Waals surface area contributed by atoms with E-state index in [-0.39, 0.29) is 0 Å². The van der Waals surface area contributed by atoms with Crippen molar-refractivity contribution >= 4 is 15.9 Å². The minimum atomic E-state index is 0.420. The number of hydrogen-bond acceptors (Lipinski definition) is 3. The molecule has 1 saturated heterocycles. The maximum absolute atomic E-state index is 6.17. The molecule has 2 unspecified atom stereocenters. The Balaban J connectivity index is 1.87. The van der Waals surface area contributed by atoms with Gasteiger partial charge in [-0.15, -0.1) is 0 Å². The molecule has 1 aromatic rings. The van der Waals surface area contributed by atoms with E-state index < -0.39 is 0 Å². The van der Waals surface area contributed by atoms with Gasteiger partial charge < -0.3 is 10.5 Å². The van der Waals surface area contributed by atoms with Crippen molar-refractivity contribution in [3.05, 3.63) is 27.7 Å². The largest absolute Gasteiger partial charge is 0.492 e. The molecule has 4 heteroatoms. The van der Waals surface area contributed by atoms with Crippen LogP contribution in [0.1, 0.15) is 36.4 Å². The Labute approximate surface area is 136 Å². The number of benzene rings is 1. The van der Waals surface area contributed by atoms with Crippen LogP contribution in [0.4, 0.5) is 0 Å². The molecule has 0 bridgehead atoms. The maximum atomic E-state index is 6.17. The predicted octanol–water partition coefficient (Wildman–Crippen LogP) is 3.50. The Morgan fingerprint density at radius 1 is 1.33 bits per heavy atom. The van der Waals surface area contributed by atoms with Crippen LogP contribution in [0.15, 0.2) is 16.6 Å². The number of hydrogen-bond donors (Lipinski definition) is 1. The van der Waals surface area contributed by atoms with Crippen LogP contribution in [0, 0.1) is 18.8 Å². The van der Waals surface area contributed by atoms with E-state index >= 15 is 0 Å². The lowest BCUT2D eigenvalue weighted by molar-refractivity contribution is 0.272. The molecule has 2 N–H and O–H groups in total. The first-order chi connectivity index (χ1) is 10.1. The van der Waals surface area contributed by atoms with Crippen molar-refractivity contribution < 1.29 is 4.74 Å². The highest BCUT2D eigenvalue weighted by Crippen LogP contribution is 2.43. The van der Waals surface area contributed by atoms with E-state index in [0.717, 1.165) is 42.3 Å². The molecular weight excluding hydrogens is 328 g/mol. The molecule has 1 aliphatic carbocycles. The fourth-order valence-electron chi connectivity index (χ4n) is 3.28. The van der Waals surface area contributed by atoms with Crippen molar-refractivity contribution in [2.75, 3.05) is 26.7 Å². The molecule has 2 atom stereocenters. The number of halogens is 1. The second-order valence-corrected chi connectivity index (χ2v) is 7.57. The zero-order valence-corrected chi connectivity index (χ0v) is 14.5. The van der Waals surface area contributed by atoms with Gasteiger partial charge in [0.1, 0.15) is 5.75 Å². The van der Waals surface area contributed by atoms with Crippen LogP contribution in [0.2, 0.25) is 0 Å². The Kier molecular flexibility index (Phi) is 4.57. The third-order valence-corrected chi connectivity index (χ3v) is 5.29. The molecule has 3 nitrogen and oxygen atoms in total. The molecule has 1 aliphatic heterocycles. The SMILES string of the molecule is Cc1cc(Br)c(OCC2CC2)c(C2CC(CN)CN2C)c1. The number of ether oxygens (including phenoxy) is 1. The third kappa shape index (κ3) is 3.43. The summed E-state index contributed by atoms with van der Waals surface area (Å²) in [6, 6.07) is 4.86. The van der Waals surface area contributed by atoms with Crippen molar-refractivity contribution in [1.82, 2.24) is 4.90 Å². The lowest BCUT2D eigenvalue weighted by Gasteiger charge is -2.24. The van der Waals surface area contributed by atoms with Crippen LogP contribution in [-0.4, -0.2) is 31.6 Å². The minimum Gasteiger partial charge on any atom is -0.492 e. The van der Waals surface area contributed by atoms with Gasteiger partial charge >= 0.3 is 0 Å². The molecule has 2 fully saturated rings. The monoisotopic (exact) mass is 352 g/mol. The van der Waals surface area contributed by atoms with Crippen molar-refractivity contribution in [2.45, 2.75) is 32.2 Å². The number of rotatable bonds is 5. The second-order valence-electron chi connectivity index (χ2n) is 6.71. The van der Waals surface area contributed by atoms with E-state index in [1.54, 1.807) is 0 Å². The Morgan fingerprint density at radius 2 is 2.10 bits per heavy atom. The summed E-state index contributed by atoms with van der Waals surface area (Å²) in [7, 11) is 2.20. The summed E-state index contributed by atoms with van der Waals surface area (Å²) >= 11 is 3.70. The maximum Gasteiger partial charge on any atom is 0.138 e. The summed E-state index contributed by atoms with van der Waals surface area (Å²) in [6.45, 7) is 4.85. The summed E-state index contributed by atoms with van der Waals surface area (Å²) < 4.78 is 7.26. The van der Waals surface area contributed by atoms with E-state index in [4.69, 9.17) is 10.5 Å². The summed E-state index contributed by atoms with van der Waals surface area (Å²) in [5.74, 6) is 2.40. The number of likely N-dealkylation sites (tertiary alicyclic amines) is 1. The Morgan fingerprint density at radius 3 is 2.71 bits per heavy atom. The molecule has 116 valence electrons. The van der Waals surface area contributed by atoms with Gasteiger partial charge in [-0.25, -0.2) is 0 Å². The van der Waals surface area contributed by atoms with E-state index in [1.807, 2.05) is 0 Å². The van der Waals surface area contributed by atoms with Crippen LogP contribution in [0.25, 0.3) is 0 Å². The van der Waals surface area contributed by atoms with E-state index in [2.05, 4.69) is 46.9 Å². The number of aryl methyl sites for hydroxylation is 1. The van der Waals surface area contributed by atoms with Crippen molar-refractivity contribution in [1.29, 1.82) is 0 Å². The average molecular weight is 353 g/mol. The highest BCUT2D eigenvalue weighted by Gasteiger charge is 2.33. The van der Waals surface area contributed by atoms with Crippen molar-refractivity contribution in [3.8, 4) is 5.75 Å². The Bertz CT molecular complexity index is 516. The first-order valence-corrected chi connectivity index (χ1v) is 8.71. The van der Waals surface area contributed by atoms with Gasteiger partial charge in [-0.05, 0) is 79.2 Å². The molecule has 0 spiro atoms. The van der Waals surface area contributed by atoms with E-state index in [1.165, 1.54) is 24.0 Å². The number of nitrogens with zero attached hydrogens (tertiary/aromatic N) is 1. The molecule has 0 aromatic heterocycles. The minimum absolute atomic E-state index is 0.420. The average Bonchev–Trinajstić information content (AvgIpc) is 3.18. The highest BCUT2D eigenvalue weighted by molar-refractivity contribution is 9.10. The normalized spacial score (nSPS) is 26.3. The standard InChI is InChI=1S/C17H25BrN2O/c1-11-5-14(16-7-13(8-19)9-20(16)2)17(15(18)6-11)21-10-12-3-4-12/h5-6,12-13,16H,3-4,7-10,19H2,1-2H3. The quantitative estimate of drug-likeness (QED) is 0.881. The van der Waals surface area contributed by atoms with Gasteiger partial charge in [0, 0.05) is 18.2 Å². The molecule has 1 aromatic carbocycles. The molecule has 21 heavy (non-hydrogen) atoms. The van der Waals surface area contributed by atoms with Crippen LogP contribution in [-0.2, 0) is 0 Å². The van der Waals surface area contributed by atoms with E-state index in [0.29, 0.717) is 12.0 Å². The zero-order chi connectivity index (χ0) is 15.0. The summed E-state index contributed by atoms with van der Waals surface area (Å²) in [4.78, 5) is 2.42. The zero-order valence-electron chi connectivity index (χ0n) is 12.9. The van der Waals surface area contributed by atoms with Crippen molar-refractivity contribution in [2.24, 2.45) is 17.6 Å². The summed E-state index contributed by atoms with van der Waals surface area (Å²) in [6.07, 6.45) is 3.76. The first kappa shape index (κ1) is 15.3. The molecule has 0 radical (unpaired) electrons. The van der Waals surface area contributed by atoms with Crippen LogP contribution in [0.3, 0.4) is 0 Å². The summed E-state index contributed by atoms with van der Waals surface area (Å²) in [5.41, 5.74) is 8.47. The van der Waals surface area contributed by atoms with Gasteiger partial charge in [0.15, 0.2) is 0 Å². The highest BCUT2D eigenvalue weighted by atomic mass is 79.9. The van der Waals surface area contributed by atoms with Gasteiger partial charge in [0.25, 0.3) is 0 Å². The van der Waals surface area contributed by atoms with Gasteiger partial charge in [-0.1, -0.05) is 6.07 Å². The fourth-order valence-corrected chi connectivity index (χ4v) is 3.99. The lowest BCUT2D eigenvalue weighted by atomic mass is 9.97. The fraction of sp³-hybridized carbons (Fsp3) is 0.647. The van der Waals surface area contributed by atoms with E-state index in [9.17, 15) is 0 Å². The van der Waals surface area contributed by atoms with Crippen LogP contribution >= 0.6 is 15.9 Å². The lowest BCUT2D eigenvalue weighted by Crippen LogP contribution is -2.21. The predicted molar refractivity (Wildman–Crippen MR) is 89.6 cm³/mol. The third-order valence-electron chi connectivity index (χ3n) is 4.70. The second kappa shape index (κ2) is 6.27. The molecular formula is C17H25BrN2O. The first-order valence-electron chi connectivity index (χ1n) is 7.91. The van der Waals surface area contributed by atoms with Crippen molar-refractivity contribution in [3.63, 3.8) is 0 Å². The summed E-state index contributed by atoms with van der Waals surface area (Å²) in [5, 5.41) is 0. The molecule has 1 heterocycles. The van der Waals surface area contributed by atoms with Crippen LogP contribution < -0.4 is 10.5 Å². The molecule has 1 saturated carbocycles. The van der Waals surface area contributed by atoms with Crippen LogP contribution in [0.5, 0.6) is 5.75 Å². The molecule has 0 amide bonds. The number of nitrogens with two attached hydrogens (primary N) is 1. The van der Waals surface area contributed by atoms with Gasteiger partial charge in [0.05, 0.1) is 11.1 Å². The topological polar surface area (TPSA) is 38.5 Å². The van der Waals surface area contributed by atoms with Gasteiger partial charge in [-0.3, -0.25) is 4.90 Å². The van der Waals surface area contributed by atoms with Gasteiger partial charge in [0.2, 0.25) is 0 Å². The smallest absolute Gasteiger partial charge is 0.138 e. The molecule has 2 aliphatic rings. The van der Waals surface area contributed by atoms with Gasteiger partial charge in [-0.2, -0.15) is 0 Å².